The van der Waals surface area contributed by atoms with E-state index in [0.717, 1.165) is 69.6 Å². The first-order valence-electron chi connectivity index (χ1n) is 14.9. The number of amides is 1. The van der Waals surface area contributed by atoms with Crippen molar-refractivity contribution in [3.63, 3.8) is 0 Å². The number of nitrogens with one attached hydrogen (secondary N) is 1. The standard InChI is InChI=1S/C31H44N6O2/c1-22(2)12-19-35(20-13-23(3)4)29(38)24-9-10-26-27(21-24)36(18-8-17-34-15-6-5-7-16-34)31-33-25-11-14-32-28(25)30(39)37(26)31/h9-11,14,21-23,32H,5-8,12-13,15-20H2,1-4H3. The Morgan fingerprint density at radius 3 is 2.38 bits per heavy atom. The third-order valence-corrected chi connectivity index (χ3v) is 8.10. The molecule has 8 nitrogen and oxygen atoms in total. The molecule has 1 N–H and O–H groups in total. The first kappa shape index (κ1) is 27.4. The van der Waals surface area contributed by atoms with Gasteiger partial charge in [0, 0.05) is 31.4 Å². The lowest BCUT2D eigenvalue weighted by molar-refractivity contribution is 0.0741. The molecule has 3 aromatic heterocycles. The second kappa shape index (κ2) is 11.9. The minimum absolute atomic E-state index is 0.0655. The zero-order valence-corrected chi connectivity index (χ0v) is 24.1. The van der Waals surface area contributed by atoms with Crippen LogP contribution in [-0.4, -0.2) is 67.4 Å². The van der Waals surface area contributed by atoms with Crippen LogP contribution in [-0.2, 0) is 6.54 Å². The number of imidazole rings is 1. The maximum atomic E-state index is 13.8. The predicted molar refractivity (Wildman–Crippen MR) is 159 cm³/mol. The molecule has 0 saturated carbocycles. The van der Waals surface area contributed by atoms with Gasteiger partial charge in [-0.3, -0.25) is 9.59 Å². The summed E-state index contributed by atoms with van der Waals surface area (Å²) in [6.07, 6.45) is 8.56. The summed E-state index contributed by atoms with van der Waals surface area (Å²) >= 11 is 0. The second-order valence-electron chi connectivity index (χ2n) is 12.1. The number of aryl methyl sites for hydroxylation is 1. The van der Waals surface area contributed by atoms with Crippen molar-refractivity contribution in [1.29, 1.82) is 0 Å². The molecule has 5 rings (SSSR count). The number of aromatic amines is 1. The highest BCUT2D eigenvalue weighted by Crippen LogP contribution is 2.24. The minimum atomic E-state index is -0.102. The van der Waals surface area contributed by atoms with Gasteiger partial charge >= 0.3 is 0 Å². The summed E-state index contributed by atoms with van der Waals surface area (Å²) in [5.41, 5.74) is 3.44. The van der Waals surface area contributed by atoms with E-state index in [1.165, 1.54) is 19.3 Å². The molecule has 8 heteroatoms. The van der Waals surface area contributed by atoms with Crippen LogP contribution in [0.2, 0.25) is 0 Å². The third kappa shape index (κ3) is 5.91. The molecule has 1 aliphatic heterocycles. The van der Waals surface area contributed by atoms with E-state index in [1.807, 2.05) is 29.2 Å². The molecule has 1 fully saturated rings. The van der Waals surface area contributed by atoms with Crippen LogP contribution >= 0.6 is 0 Å². The summed E-state index contributed by atoms with van der Waals surface area (Å²) < 4.78 is 3.86. The normalized spacial score (nSPS) is 14.9. The number of carbonyl (C=O) groups excluding carboxylic acids is 1. The largest absolute Gasteiger partial charge is 0.355 e. The van der Waals surface area contributed by atoms with Gasteiger partial charge in [-0.15, -0.1) is 0 Å². The minimum Gasteiger partial charge on any atom is -0.355 e. The molecule has 1 aliphatic rings. The first-order valence-corrected chi connectivity index (χ1v) is 14.9. The number of carbonyl (C=O) groups is 1. The Labute approximate surface area is 231 Å². The number of fused-ring (bicyclic) bond motifs is 4. The van der Waals surface area contributed by atoms with E-state index in [0.29, 0.717) is 34.2 Å². The van der Waals surface area contributed by atoms with Crippen LogP contribution in [0.25, 0.3) is 27.8 Å². The van der Waals surface area contributed by atoms with E-state index < -0.39 is 0 Å². The Kier molecular flexibility index (Phi) is 8.40. The van der Waals surface area contributed by atoms with Gasteiger partial charge in [0.25, 0.3) is 11.5 Å². The lowest BCUT2D eigenvalue weighted by Crippen LogP contribution is -2.34. The molecule has 0 aliphatic carbocycles. The molecule has 39 heavy (non-hydrogen) atoms. The molecular formula is C31H44N6O2. The monoisotopic (exact) mass is 532 g/mol. The Morgan fingerprint density at radius 2 is 1.69 bits per heavy atom. The Balaban J connectivity index is 1.53. The van der Waals surface area contributed by atoms with Crippen LogP contribution in [0.4, 0.5) is 0 Å². The van der Waals surface area contributed by atoms with Crippen molar-refractivity contribution in [2.45, 2.75) is 72.8 Å². The van der Waals surface area contributed by atoms with Gasteiger partial charge in [-0.25, -0.2) is 9.38 Å². The molecule has 210 valence electrons. The van der Waals surface area contributed by atoms with E-state index in [9.17, 15) is 9.59 Å². The fraction of sp³-hybridized carbons (Fsp3) is 0.581. The van der Waals surface area contributed by atoms with E-state index in [2.05, 4.69) is 42.1 Å². The Bertz CT molecular complexity index is 1480. The number of hydrogen-bond acceptors (Lipinski definition) is 4. The average molecular weight is 533 g/mol. The van der Waals surface area contributed by atoms with Gasteiger partial charge in [0.1, 0.15) is 5.52 Å². The second-order valence-corrected chi connectivity index (χ2v) is 12.1. The van der Waals surface area contributed by atoms with Gasteiger partial charge in [0.15, 0.2) is 0 Å². The van der Waals surface area contributed by atoms with Crippen LogP contribution in [0.15, 0.2) is 35.3 Å². The van der Waals surface area contributed by atoms with Gasteiger partial charge in [-0.05, 0) is 87.8 Å². The first-order chi connectivity index (χ1) is 18.8. The molecule has 0 radical (unpaired) electrons. The summed E-state index contributed by atoms with van der Waals surface area (Å²) in [7, 11) is 0. The number of aromatic nitrogens is 4. The van der Waals surface area contributed by atoms with Crippen LogP contribution in [0.5, 0.6) is 0 Å². The molecule has 0 unspecified atom stereocenters. The van der Waals surface area contributed by atoms with Crippen molar-refractivity contribution in [3.05, 3.63) is 46.4 Å². The van der Waals surface area contributed by atoms with Crippen molar-refractivity contribution in [3.8, 4) is 0 Å². The van der Waals surface area contributed by atoms with Crippen LogP contribution in [0.1, 0.15) is 76.6 Å². The summed E-state index contributed by atoms with van der Waals surface area (Å²) in [5.74, 6) is 1.77. The van der Waals surface area contributed by atoms with Crippen molar-refractivity contribution in [1.82, 2.24) is 28.7 Å². The average Bonchev–Trinajstić information content (AvgIpc) is 3.52. The van der Waals surface area contributed by atoms with Gasteiger partial charge in [-0.2, -0.15) is 0 Å². The highest BCUT2D eigenvalue weighted by atomic mass is 16.2. The van der Waals surface area contributed by atoms with E-state index in [1.54, 1.807) is 10.6 Å². The van der Waals surface area contributed by atoms with Crippen molar-refractivity contribution >= 4 is 33.8 Å². The number of likely N-dealkylation sites (tertiary alicyclic amines) is 1. The summed E-state index contributed by atoms with van der Waals surface area (Å²) in [6, 6.07) is 7.64. The fourth-order valence-electron chi connectivity index (χ4n) is 5.74. The number of nitrogens with zero attached hydrogens (tertiary/aromatic N) is 5. The molecule has 1 saturated heterocycles. The molecule has 0 spiro atoms. The molecule has 1 aromatic carbocycles. The highest BCUT2D eigenvalue weighted by Gasteiger charge is 2.21. The van der Waals surface area contributed by atoms with E-state index in [4.69, 9.17) is 4.98 Å². The van der Waals surface area contributed by atoms with Crippen molar-refractivity contribution in [2.75, 3.05) is 32.7 Å². The Hall–Kier alpha value is -3.13. The number of piperidine rings is 1. The van der Waals surface area contributed by atoms with Crippen LogP contribution in [0, 0.1) is 11.8 Å². The molecular weight excluding hydrogens is 488 g/mol. The van der Waals surface area contributed by atoms with Crippen LogP contribution < -0.4 is 5.56 Å². The molecule has 0 atom stereocenters. The predicted octanol–water partition coefficient (Wildman–Crippen LogP) is 5.54. The van der Waals surface area contributed by atoms with Crippen molar-refractivity contribution in [2.24, 2.45) is 11.8 Å². The molecule has 1 amide bonds. The number of rotatable bonds is 11. The number of hydrogen-bond donors (Lipinski definition) is 1. The fourth-order valence-corrected chi connectivity index (χ4v) is 5.74. The van der Waals surface area contributed by atoms with E-state index >= 15 is 0 Å². The smallest absolute Gasteiger partial charge is 0.283 e. The Morgan fingerprint density at radius 1 is 0.974 bits per heavy atom. The van der Waals surface area contributed by atoms with E-state index in [-0.39, 0.29) is 11.5 Å². The zero-order valence-electron chi connectivity index (χ0n) is 24.1. The van der Waals surface area contributed by atoms with Crippen molar-refractivity contribution < 1.29 is 4.79 Å². The quantitative estimate of drug-likeness (QED) is 0.275. The van der Waals surface area contributed by atoms with Gasteiger partial charge < -0.3 is 19.4 Å². The highest BCUT2D eigenvalue weighted by molar-refractivity contribution is 5.98. The maximum absolute atomic E-state index is 13.8. The maximum Gasteiger partial charge on any atom is 0.283 e. The SMILES string of the molecule is CC(C)CCN(CCC(C)C)C(=O)c1ccc2c(c1)n(CCCN1CCCCC1)c1nc3cc[nH]c3c(=O)n21. The van der Waals surface area contributed by atoms with Gasteiger partial charge in [-0.1, -0.05) is 34.1 Å². The molecule has 0 bridgehead atoms. The zero-order chi connectivity index (χ0) is 27.5. The van der Waals surface area contributed by atoms with Gasteiger partial charge in [0.2, 0.25) is 5.78 Å². The summed E-state index contributed by atoms with van der Waals surface area (Å²) in [4.78, 5) is 39.8. The summed E-state index contributed by atoms with van der Waals surface area (Å²) in [6.45, 7) is 14.4. The topological polar surface area (TPSA) is 78.6 Å². The molecule has 4 aromatic rings. The van der Waals surface area contributed by atoms with Gasteiger partial charge in [0.05, 0.1) is 16.6 Å². The lowest BCUT2D eigenvalue weighted by atomic mass is 10.1. The number of H-pyrrole nitrogens is 1. The van der Waals surface area contributed by atoms with Crippen LogP contribution in [0.3, 0.4) is 0 Å². The molecule has 4 heterocycles. The lowest BCUT2D eigenvalue weighted by Gasteiger charge is -2.26. The number of benzene rings is 1. The summed E-state index contributed by atoms with van der Waals surface area (Å²) in [5, 5.41) is 0. The third-order valence-electron chi connectivity index (χ3n) is 8.10.